The van der Waals surface area contributed by atoms with E-state index in [4.69, 9.17) is 4.74 Å². The van der Waals surface area contributed by atoms with Crippen molar-refractivity contribution in [3.8, 4) is 0 Å². The van der Waals surface area contributed by atoms with E-state index in [0.717, 1.165) is 12.0 Å². The Labute approximate surface area is 114 Å². The molecule has 1 unspecified atom stereocenters. The van der Waals surface area contributed by atoms with Crippen LogP contribution < -0.4 is 10.6 Å². The van der Waals surface area contributed by atoms with Crippen LogP contribution in [-0.2, 0) is 10.3 Å². The number of carbonyl (C=O) groups is 1. The first kappa shape index (κ1) is 15.2. The number of hydrogen-bond donors (Lipinski definition) is 2. The molecule has 0 aliphatic rings. The lowest BCUT2D eigenvalue weighted by Gasteiger charge is -2.32. The first-order chi connectivity index (χ1) is 9.18. The smallest absolute Gasteiger partial charge is 0.315 e. The Bertz CT molecular complexity index is 400. The molecule has 4 nitrogen and oxygen atoms in total. The van der Waals surface area contributed by atoms with E-state index >= 15 is 0 Å². The molecule has 0 spiro atoms. The average Bonchev–Trinajstić information content (AvgIpc) is 2.48. The molecule has 0 saturated heterocycles. The van der Waals surface area contributed by atoms with Gasteiger partial charge in [0, 0.05) is 13.7 Å². The van der Waals surface area contributed by atoms with Crippen molar-refractivity contribution < 1.29 is 9.53 Å². The summed E-state index contributed by atoms with van der Waals surface area (Å²) in [6.45, 7) is 6.47. The minimum atomic E-state index is -0.493. The molecule has 1 aromatic rings. The second kappa shape index (κ2) is 7.59. The summed E-state index contributed by atoms with van der Waals surface area (Å²) >= 11 is 0. The average molecular weight is 262 g/mol. The molecule has 19 heavy (non-hydrogen) atoms. The first-order valence-corrected chi connectivity index (χ1v) is 6.41. The maximum absolute atomic E-state index is 11.6. The van der Waals surface area contributed by atoms with E-state index in [2.05, 4.69) is 17.2 Å². The van der Waals surface area contributed by atoms with Crippen LogP contribution in [-0.4, -0.2) is 26.2 Å². The van der Waals surface area contributed by atoms with E-state index in [0.29, 0.717) is 13.1 Å². The third kappa shape index (κ3) is 4.10. The van der Waals surface area contributed by atoms with E-state index in [9.17, 15) is 4.79 Å². The lowest BCUT2D eigenvalue weighted by atomic mass is 9.91. The molecule has 1 atom stereocenters. The van der Waals surface area contributed by atoms with Crippen LogP contribution in [0.15, 0.2) is 43.0 Å². The quantitative estimate of drug-likeness (QED) is 0.741. The van der Waals surface area contributed by atoms with Gasteiger partial charge in [0.05, 0.1) is 6.54 Å². The molecular formula is C15H22N2O2. The largest absolute Gasteiger partial charge is 0.372 e. The Morgan fingerprint density at radius 3 is 2.58 bits per heavy atom. The molecule has 0 bridgehead atoms. The normalized spacial score (nSPS) is 13.4. The van der Waals surface area contributed by atoms with Gasteiger partial charge in [-0.15, -0.1) is 6.58 Å². The molecule has 0 radical (unpaired) electrons. The number of amides is 2. The van der Waals surface area contributed by atoms with Crippen molar-refractivity contribution in [2.75, 3.05) is 20.2 Å². The summed E-state index contributed by atoms with van der Waals surface area (Å²) in [7, 11) is 1.67. The number of nitrogens with one attached hydrogen (secondary N) is 2. The Kier molecular flexibility index (Phi) is 6.09. The second-order valence-electron chi connectivity index (χ2n) is 4.27. The van der Waals surface area contributed by atoms with Crippen LogP contribution in [0.2, 0.25) is 0 Å². The number of hydrogen-bond acceptors (Lipinski definition) is 2. The summed E-state index contributed by atoms with van der Waals surface area (Å²) in [5.41, 5.74) is 0.566. The lowest BCUT2D eigenvalue weighted by molar-refractivity contribution is -0.0152. The topological polar surface area (TPSA) is 50.4 Å². The van der Waals surface area contributed by atoms with Crippen LogP contribution >= 0.6 is 0 Å². The summed E-state index contributed by atoms with van der Waals surface area (Å²) in [5.74, 6) is 0. The molecule has 2 N–H and O–H groups in total. The molecule has 0 aliphatic heterocycles. The molecule has 104 valence electrons. The molecule has 2 amide bonds. The molecule has 1 rings (SSSR count). The van der Waals surface area contributed by atoms with Crippen molar-refractivity contribution >= 4 is 6.03 Å². The number of rotatable bonds is 7. The molecule has 0 aliphatic carbocycles. The van der Waals surface area contributed by atoms with Gasteiger partial charge in [-0.25, -0.2) is 4.79 Å². The monoisotopic (exact) mass is 262 g/mol. The first-order valence-electron chi connectivity index (χ1n) is 6.41. The molecule has 0 heterocycles. The van der Waals surface area contributed by atoms with Crippen LogP contribution in [0.4, 0.5) is 4.79 Å². The fourth-order valence-corrected chi connectivity index (χ4v) is 1.96. The molecule has 0 aromatic heterocycles. The summed E-state index contributed by atoms with van der Waals surface area (Å²) in [4.78, 5) is 11.6. The van der Waals surface area contributed by atoms with Crippen LogP contribution in [0.3, 0.4) is 0 Å². The van der Waals surface area contributed by atoms with Gasteiger partial charge < -0.3 is 15.4 Å². The number of benzene rings is 1. The predicted octanol–water partition coefficient (Wildman–Crippen LogP) is 2.42. The van der Waals surface area contributed by atoms with Crippen molar-refractivity contribution in [2.24, 2.45) is 0 Å². The van der Waals surface area contributed by atoms with Gasteiger partial charge in [0.1, 0.15) is 5.60 Å². The highest BCUT2D eigenvalue weighted by Crippen LogP contribution is 2.27. The Morgan fingerprint density at radius 1 is 1.37 bits per heavy atom. The van der Waals surface area contributed by atoms with Crippen molar-refractivity contribution in [2.45, 2.75) is 18.9 Å². The molecule has 1 aromatic carbocycles. The highest BCUT2D eigenvalue weighted by Gasteiger charge is 2.30. The Balaban J connectivity index is 2.72. The SMILES string of the molecule is C=CCNC(=O)NCC(CC)(OC)c1ccccc1. The number of ether oxygens (including phenoxy) is 1. The zero-order valence-electron chi connectivity index (χ0n) is 11.6. The van der Waals surface area contributed by atoms with E-state index < -0.39 is 5.60 Å². The minimum Gasteiger partial charge on any atom is -0.372 e. The number of carbonyl (C=O) groups excluding carboxylic acids is 1. The predicted molar refractivity (Wildman–Crippen MR) is 77.0 cm³/mol. The zero-order chi connectivity index (χ0) is 14.1. The second-order valence-corrected chi connectivity index (χ2v) is 4.27. The standard InChI is InChI=1S/C15H22N2O2/c1-4-11-16-14(18)17-12-15(5-2,19-3)13-9-7-6-8-10-13/h4,6-10H,1,5,11-12H2,2-3H3,(H2,16,17,18). The van der Waals surface area contributed by atoms with E-state index in [1.807, 2.05) is 37.3 Å². The van der Waals surface area contributed by atoms with Gasteiger partial charge in [-0.05, 0) is 12.0 Å². The Morgan fingerprint density at radius 2 is 2.05 bits per heavy atom. The number of urea groups is 1. The van der Waals surface area contributed by atoms with Crippen molar-refractivity contribution in [1.29, 1.82) is 0 Å². The van der Waals surface area contributed by atoms with Gasteiger partial charge in [-0.1, -0.05) is 43.3 Å². The molecular weight excluding hydrogens is 240 g/mol. The van der Waals surface area contributed by atoms with E-state index in [-0.39, 0.29) is 6.03 Å². The van der Waals surface area contributed by atoms with Gasteiger partial charge in [-0.2, -0.15) is 0 Å². The van der Waals surface area contributed by atoms with Crippen molar-refractivity contribution in [3.05, 3.63) is 48.6 Å². The molecule has 0 fully saturated rings. The van der Waals surface area contributed by atoms with Crippen molar-refractivity contribution in [1.82, 2.24) is 10.6 Å². The van der Waals surface area contributed by atoms with E-state index in [1.165, 1.54) is 0 Å². The number of methoxy groups -OCH3 is 1. The third-order valence-electron chi connectivity index (χ3n) is 3.20. The fourth-order valence-electron chi connectivity index (χ4n) is 1.96. The maximum Gasteiger partial charge on any atom is 0.315 e. The van der Waals surface area contributed by atoms with Crippen molar-refractivity contribution in [3.63, 3.8) is 0 Å². The zero-order valence-corrected chi connectivity index (χ0v) is 11.6. The highest BCUT2D eigenvalue weighted by atomic mass is 16.5. The Hall–Kier alpha value is -1.81. The van der Waals surface area contributed by atoms with Crippen LogP contribution in [0.1, 0.15) is 18.9 Å². The summed E-state index contributed by atoms with van der Waals surface area (Å²) in [6, 6.07) is 9.70. The van der Waals surface area contributed by atoms with Gasteiger partial charge in [0.15, 0.2) is 0 Å². The maximum atomic E-state index is 11.6. The summed E-state index contributed by atoms with van der Waals surface area (Å²) in [5, 5.41) is 5.52. The van der Waals surface area contributed by atoms with Gasteiger partial charge in [-0.3, -0.25) is 0 Å². The van der Waals surface area contributed by atoms with Crippen LogP contribution in [0.25, 0.3) is 0 Å². The van der Waals surface area contributed by atoms with Gasteiger partial charge >= 0.3 is 6.03 Å². The summed E-state index contributed by atoms with van der Waals surface area (Å²) in [6.07, 6.45) is 2.41. The molecule has 0 saturated carbocycles. The molecule has 4 heteroatoms. The van der Waals surface area contributed by atoms with Gasteiger partial charge in [0.2, 0.25) is 0 Å². The van der Waals surface area contributed by atoms with E-state index in [1.54, 1.807) is 13.2 Å². The van der Waals surface area contributed by atoms with Gasteiger partial charge in [0.25, 0.3) is 0 Å². The van der Waals surface area contributed by atoms with Crippen LogP contribution in [0, 0.1) is 0 Å². The summed E-state index contributed by atoms with van der Waals surface area (Å²) < 4.78 is 5.67. The highest BCUT2D eigenvalue weighted by molar-refractivity contribution is 5.74. The van der Waals surface area contributed by atoms with Crippen LogP contribution in [0.5, 0.6) is 0 Å². The fraction of sp³-hybridized carbons (Fsp3) is 0.400. The third-order valence-corrected chi connectivity index (χ3v) is 3.20. The minimum absolute atomic E-state index is 0.217. The lowest BCUT2D eigenvalue weighted by Crippen LogP contribution is -2.45.